The summed E-state index contributed by atoms with van der Waals surface area (Å²) in [6, 6.07) is -0.0791. The summed E-state index contributed by atoms with van der Waals surface area (Å²) in [5.41, 5.74) is 0. The van der Waals surface area contributed by atoms with E-state index in [1.807, 2.05) is 0 Å². The van der Waals surface area contributed by atoms with Crippen LogP contribution in [0, 0.1) is 0 Å². The Hall–Kier alpha value is -0.0900. The molecule has 3 atom stereocenters. The van der Waals surface area contributed by atoms with Crippen molar-refractivity contribution in [1.82, 2.24) is 5.32 Å². The Labute approximate surface area is 80.3 Å². The van der Waals surface area contributed by atoms with Crippen LogP contribution >= 0.6 is 11.6 Å². The van der Waals surface area contributed by atoms with Crippen LogP contribution in [0.5, 0.6) is 0 Å². The molecule has 0 spiro atoms. The molecule has 0 rings (SSSR count). The Morgan fingerprint density at radius 3 is 2.42 bits per heavy atom. The van der Waals surface area contributed by atoms with Gasteiger partial charge in [-0.3, -0.25) is 9.00 Å². The minimum Gasteiger partial charge on any atom is -0.351 e. The van der Waals surface area contributed by atoms with Gasteiger partial charge >= 0.3 is 0 Å². The second kappa shape index (κ2) is 5.54. The van der Waals surface area contributed by atoms with Crippen molar-refractivity contribution in [2.75, 3.05) is 12.0 Å². The van der Waals surface area contributed by atoms with Gasteiger partial charge in [-0.25, -0.2) is 0 Å². The van der Waals surface area contributed by atoms with Gasteiger partial charge in [0.05, 0.1) is 0 Å². The molecule has 0 aliphatic carbocycles. The van der Waals surface area contributed by atoms with E-state index < -0.39 is 16.2 Å². The van der Waals surface area contributed by atoms with Gasteiger partial charge in [0.2, 0.25) is 5.91 Å². The zero-order chi connectivity index (χ0) is 9.72. The molecule has 5 heteroatoms. The number of rotatable bonds is 4. The Balaban J connectivity index is 3.76. The van der Waals surface area contributed by atoms with E-state index in [1.54, 1.807) is 20.1 Å². The van der Waals surface area contributed by atoms with Crippen molar-refractivity contribution in [3.05, 3.63) is 0 Å². The van der Waals surface area contributed by atoms with Gasteiger partial charge in [0.15, 0.2) is 0 Å². The van der Waals surface area contributed by atoms with Gasteiger partial charge in [-0.1, -0.05) is 0 Å². The zero-order valence-corrected chi connectivity index (χ0v) is 9.04. The molecule has 3 unspecified atom stereocenters. The Kier molecular flexibility index (Phi) is 5.50. The minimum atomic E-state index is -0.883. The summed E-state index contributed by atoms with van der Waals surface area (Å²) in [6.07, 6.45) is 1.60. The maximum atomic E-state index is 11.0. The molecule has 0 aliphatic rings. The largest absolute Gasteiger partial charge is 0.351 e. The van der Waals surface area contributed by atoms with Crippen molar-refractivity contribution < 1.29 is 9.00 Å². The van der Waals surface area contributed by atoms with Crippen LogP contribution in [0.25, 0.3) is 0 Å². The van der Waals surface area contributed by atoms with E-state index in [0.717, 1.165) is 0 Å². The molecule has 0 radical (unpaired) electrons. The maximum absolute atomic E-state index is 11.0. The van der Waals surface area contributed by atoms with Crippen LogP contribution in [0.1, 0.15) is 13.8 Å². The second-order valence-corrected chi connectivity index (χ2v) is 4.90. The molecule has 12 heavy (non-hydrogen) atoms. The highest BCUT2D eigenvalue weighted by atomic mass is 35.5. The van der Waals surface area contributed by atoms with Crippen LogP contribution in [0.4, 0.5) is 0 Å². The van der Waals surface area contributed by atoms with Crippen LogP contribution in [0.3, 0.4) is 0 Å². The zero-order valence-electron chi connectivity index (χ0n) is 7.46. The van der Waals surface area contributed by atoms with E-state index in [0.29, 0.717) is 5.75 Å². The Bertz CT molecular complexity index is 184. The minimum absolute atomic E-state index is 0.0791. The van der Waals surface area contributed by atoms with Gasteiger partial charge in [0.25, 0.3) is 0 Å². The molecule has 1 N–H and O–H groups in total. The fraction of sp³-hybridized carbons (Fsp3) is 0.857. The first kappa shape index (κ1) is 11.9. The van der Waals surface area contributed by atoms with Gasteiger partial charge in [-0.2, -0.15) is 0 Å². The van der Waals surface area contributed by atoms with Crippen molar-refractivity contribution in [2.24, 2.45) is 0 Å². The molecule has 0 saturated heterocycles. The summed E-state index contributed by atoms with van der Waals surface area (Å²) in [7, 11) is -0.883. The normalized spacial score (nSPS) is 18.0. The van der Waals surface area contributed by atoms with Crippen LogP contribution in [0.15, 0.2) is 0 Å². The number of nitrogens with one attached hydrogen (secondary N) is 1. The highest BCUT2D eigenvalue weighted by molar-refractivity contribution is 7.84. The van der Waals surface area contributed by atoms with Crippen molar-refractivity contribution in [1.29, 1.82) is 0 Å². The predicted octanol–water partition coefficient (Wildman–Crippen LogP) is 0.497. The van der Waals surface area contributed by atoms with Crippen molar-refractivity contribution >= 4 is 28.3 Å². The van der Waals surface area contributed by atoms with Crippen LogP contribution < -0.4 is 5.32 Å². The third-order valence-corrected chi connectivity index (χ3v) is 2.40. The third-order valence-electron chi connectivity index (χ3n) is 1.23. The molecule has 1 amide bonds. The van der Waals surface area contributed by atoms with E-state index in [-0.39, 0.29) is 11.9 Å². The predicted molar refractivity (Wildman–Crippen MR) is 51.9 cm³/mol. The smallest absolute Gasteiger partial charge is 0.238 e. The molecule has 3 nitrogen and oxygen atoms in total. The number of alkyl halides is 1. The van der Waals surface area contributed by atoms with Gasteiger partial charge < -0.3 is 5.32 Å². The first-order valence-corrected chi connectivity index (χ1v) is 5.84. The van der Waals surface area contributed by atoms with Crippen LogP contribution in [-0.2, 0) is 15.6 Å². The van der Waals surface area contributed by atoms with E-state index in [4.69, 9.17) is 11.6 Å². The molecule has 0 aromatic carbocycles. The van der Waals surface area contributed by atoms with Crippen LogP contribution in [0.2, 0.25) is 0 Å². The lowest BCUT2D eigenvalue weighted by atomic mass is 10.3. The number of hydrogen-bond acceptors (Lipinski definition) is 2. The lowest BCUT2D eigenvalue weighted by molar-refractivity contribution is -0.120. The second-order valence-electron chi connectivity index (χ2n) is 2.77. The summed E-state index contributed by atoms with van der Waals surface area (Å²) in [6.45, 7) is 3.41. The fourth-order valence-electron chi connectivity index (χ4n) is 0.751. The number of hydrogen-bond donors (Lipinski definition) is 1. The topological polar surface area (TPSA) is 46.2 Å². The van der Waals surface area contributed by atoms with Gasteiger partial charge in [0, 0.05) is 28.9 Å². The number of carbonyl (C=O) groups excluding carboxylic acids is 1. The molecule has 0 fully saturated rings. The molecule has 0 saturated carbocycles. The lowest BCUT2D eigenvalue weighted by Crippen LogP contribution is -2.39. The van der Waals surface area contributed by atoms with E-state index in [9.17, 15) is 9.00 Å². The highest BCUT2D eigenvalue weighted by Crippen LogP contribution is 1.94. The molecule has 0 aromatic heterocycles. The molecule has 0 bridgehead atoms. The Morgan fingerprint density at radius 2 is 2.08 bits per heavy atom. The summed E-state index contributed by atoms with van der Waals surface area (Å²) in [5, 5.41) is 2.12. The molecular formula is C7H14ClNO2S. The number of halogens is 1. The monoisotopic (exact) mass is 211 g/mol. The first-order valence-electron chi connectivity index (χ1n) is 3.68. The number of carbonyl (C=O) groups is 1. The fourth-order valence-corrected chi connectivity index (χ4v) is 1.60. The first-order chi connectivity index (χ1) is 5.43. The molecule has 72 valence electrons. The van der Waals surface area contributed by atoms with Gasteiger partial charge in [-0.15, -0.1) is 11.6 Å². The maximum Gasteiger partial charge on any atom is 0.238 e. The third kappa shape index (κ3) is 5.55. The van der Waals surface area contributed by atoms with E-state index in [1.165, 1.54) is 0 Å². The van der Waals surface area contributed by atoms with Crippen molar-refractivity contribution in [2.45, 2.75) is 25.3 Å². The van der Waals surface area contributed by atoms with Gasteiger partial charge in [-0.05, 0) is 13.8 Å². The average molecular weight is 212 g/mol. The summed E-state index contributed by atoms with van der Waals surface area (Å²) in [5.74, 6) is 0.254. The summed E-state index contributed by atoms with van der Waals surface area (Å²) in [4.78, 5) is 11.0. The Morgan fingerprint density at radius 1 is 1.58 bits per heavy atom. The summed E-state index contributed by atoms with van der Waals surface area (Å²) < 4.78 is 10.7. The lowest BCUT2D eigenvalue weighted by Gasteiger charge is -2.12. The number of amides is 1. The standard InChI is InChI=1S/C7H14ClNO2S/c1-5(4-12(3)11)9-7(10)6(2)8/h5-6H,4H2,1-3H3,(H,9,10). The molecule has 0 aromatic rings. The average Bonchev–Trinajstić information content (AvgIpc) is 1.84. The van der Waals surface area contributed by atoms with Gasteiger partial charge in [0.1, 0.15) is 5.38 Å². The molecule has 0 heterocycles. The van der Waals surface area contributed by atoms with Crippen molar-refractivity contribution in [3.63, 3.8) is 0 Å². The SMILES string of the molecule is CC(CS(C)=O)NC(=O)C(C)Cl. The highest BCUT2D eigenvalue weighted by Gasteiger charge is 2.12. The molecular weight excluding hydrogens is 198 g/mol. The van der Waals surface area contributed by atoms with Crippen LogP contribution in [-0.4, -0.2) is 33.5 Å². The quantitative estimate of drug-likeness (QED) is 0.689. The van der Waals surface area contributed by atoms with E-state index >= 15 is 0 Å². The van der Waals surface area contributed by atoms with Crippen molar-refractivity contribution in [3.8, 4) is 0 Å². The summed E-state index contributed by atoms with van der Waals surface area (Å²) >= 11 is 5.52. The molecule has 0 aliphatic heterocycles. The van der Waals surface area contributed by atoms with E-state index in [2.05, 4.69) is 5.32 Å².